The SMILES string of the molecule is COC(=O)CC[C@@H](C=O)NC(C)C. The van der Waals surface area contributed by atoms with Crippen LogP contribution in [0.3, 0.4) is 0 Å². The summed E-state index contributed by atoms with van der Waals surface area (Å²) in [5.74, 6) is -0.280. The van der Waals surface area contributed by atoms with Crippen molar-refractivity contribution < 1.29 is 14.3 Å². The largest absolute Gasteiger partial charge is 0.469 e. The van der Waals surface area contributed by atoms with E-state index < -0.39 is 0 Å². The van der Waals surface area contributed by atoms with E-state index in [1.165, 1.54) is 7.11 Å². The molecule has 76 valence electrons. The first-order chi connectivity index (χ1) is 6.10. The van der Waals surface area contributed by atoms with Crippen LogP contribution in [0, 0.1) is 0 Å². The van der Waals surface area contributed by atoms with Gasteiger partial charge in [0.15, 0.2) is 0 Å². The van der Waals surface area contributed by atoms with E-state index in [0.29, 0.717) is 6.42 Å². The zero-order chi connectivity index (χ0) is 10.3. The molecule has 0 aromatic heterocycles. The number of rotatable bonds is 6. The molecule has 0 radical (unpaired) electrons. The molecule has 0 fully saturated rings. The molecule has 1 N–H and O–H groups in total. The van der Waals surface area contributed by atoms with Crippen LogP contribution in [-0.4, -0.2) is 31.4 Å². The lowest BCUT2D eigenvalue weighted by molar-refractivity contribution is -0.140. The molecule has 0 heterocycles. The van der Waals surface area contributed by atoms with Crippen molar-refractivity contribution in [3.05, 3.63) is 0 Å². The Morgan fingerprint density at radius 1 is 1.54 bits per heavy atom. The van der Waals surface area contributed by atoms with Crippen molar-refractivity contribution >= 4 is 12.3 Å². The Morgan fingerprint density at radius 2 is 2.15 bits per heavy atom. The molecule has 0 aromatic rings. The van der Waals surface area contributed by atoms with Crippen molar-refractivity contribution in [3.8, 4) is 0 Å². The minimum absolute atomic E-state index is 0.243. The van der Waals surface area contributed by atoms with Gasteiger partial charge in [-0.1, -0.05) is 13.8 Å². The maximum Gasteiger partial charge on any atom is 0.305 e. The van der Waals surface area contributed by atoms with Crippen molar-refractivity contribution in [2.45, 2.75) is 38.8 Å². The van der Waals surface area contributed by atoms with Crippen LogP contribution in [0.1, 0.15) is 26.7 Å². The lowest BCUT2D eigenvalue weighted by Gasteiger charge is -2.14. The fraction of sp³-hybridized carbons (Fsp3) is 0.778. The first kappa shape index (κ1) is 12.1. The summed E-state index contributed by atoms with van der Waals surface area (Å²) in [4.78, 5) is 21.3. The molecule has 1 atom stereocenters. The average molecular weight is 187 g/mol. The zero-order valence-electron chi connectivity index (χ0n) is 8.37. The van der Waals surface area contributed by atoms with E-state index >= 15 is 0 Å². The van der Waals surface area contributed by atoms with Gasteiger partial charge in [0.2, 0.25) is 0 Å². The van der Waals surface area contributed by atoms with E-state index in [-0.39, 0.29) is 24.5 Å². The van der Waals surface area contributed by atoms with E-state index in [2.05, 4.69) is 10.1 Å². The van der Waals surface area contributed by atoms with Gasteiger partial charge in [0.05, 0.1) is 13.2 Å². The van der Waals surface area contributed by atoms with Crippen LogP contribution < -0.4 is 5.32 Å². The summed E-state index contributed by atoms with van der Waals surface area (Å²) >= 11 is 0. The fourth-order valence-corrected chi connectivity index (χ4v) is 0.994. The molecule has 0 spiro atoms. The second-order valence-electron chi connectivity index (χ2n) is 3.18. The highest BCUT2D eigenvalue weighted by atomic mass is 16.5. The van der Waals surface area contributed by atoms with Crippen molar-refractivity contribution in [2.75, 3.05) is 7.11 Å². The molecule has 0 amide bonds. The minimum atomic E-state index is -0.280. The van der Waals surface area contributed by atoms with Gasteiger partial charge in [-0.3, -0.25) is 4.79 Å². The van der Waals surface area contributed by atoms with E-state index in [0.717, 1.165) is 6.29 Å². The van der Waals surface area contributed by atoms with Crippen molar-refractivity contribution in [3.63, 3.8) is 0 Å². The van der Waals surface area contributed by atoms with Crippen LogP contribution in [-0.2, 0) is 14.3 Å². The summed E-state index contributed by atoms with van der Waals surface area (Å²) < 4.78 is 4.47. The molecular formula is C9H17NO3. The lowest BCUT2D eigenvalue weighted by atomic mass is 10.1. The fourth-order valence-electron chi connectivity index (χ4n) is 0.994. The first-order valence-corrected chi connectivity index (χ1v) is 4.38. The molecular weight excluding hydrogens is 170 g/mol. The van der Waals surface area contributed by atoms with E-state index in [4.69, 9.17) is 0 Å². The first-order valence-electron chi connectivity index (χ1n) is 4.38. The van der Waals surface area contributed by atoms with Crippen LogP contribution in [0.15, 0.2) is 0 Å². The number of hydrogen-bond donors (Lipinski definition) is 1. The van der Waals surface area contributed by atoms with Gasteiger partial charge in [-0.25, -0.2) is 0 Å². The molecule has 0 aromatic carbocycles. The number of carbonyl (C=O) groups excluding carboxylic acids is 2. The molecule has 0 bridgehead atoms. The Kier molecular flexibility index (Phi) is 6.14. The summed E-state index contributed by atoms with van der Waals surface area (Å²) in [6.45, 7) is 3.91. The van der Waals surface area contributed by atoms with Crippen LogP contribution in [0.5, 0.6) is 0 Å². The number of methoxy groups -OCH3 is 1. The Balaban J connectivity index is 3.71. The zero-order valence-corrected chi connectivity index (χ0v) is 8.37. The predicted octanol–water partition coefficient (Wildman–Crippen LogP) is 0.505. The van der Waals surface area contributed by atoms with Gasteiger partial charge >= 0.3 is 5.97 Å². The lowest BCUT2D eigenvalue weighted by Crippen LogP contribution is -2.36. The molecule has 0 aliphatic rings. The quantitative estimate of drug-likeness (QED) is 0.486. The normalized spacial score (nSPS) is 12.6. The number of ether oxygens (including phenoxy) is 1. The third kappa shape index (κ3) is 6.28. The summed E-state index contributed by atoms with van der Waals surface area (Å²) in [6, 6.07) is -0.00746. The van der Waals surface area contributed by atoms with E-state index in [1.807, 2.05) is 13.8 Å². The summed E-state index contributed by atoms with van der Waals surface area (Å²) in [5.41, 5.74) is 0. The van der Waals surface area contributed by atoms with Gasteiger partial charge < -0.3 is 14.8 Å². The van der Waals surface area contributed by atoms with Crippen molar-refractivity contribution in [1.29, 1.82) is 0 Å². The van der Waals surface area contributed by atoms with Gasteiger partial charge in [0.1, 0.15) is 6.29 Å². The van der Waals surface area contributed by atoms with Gasteiger partial charge in [-0.05, 0) is 6.42 Å². The third-order valence-electron chi connectivity index (χ3n) is 1.60. The number of aldehydes is 1. The van der Waals surface area contributed by atoms with Gasteiger partial charge in [0.25, 0.3) is 0 Å². The third-order valence-corrected chi connectivity index (χ3v) is 1.60. The Labute approximate surface area is 78.6 Å². The standard InChI is InChI=1S/C9H17NO3/c1-7(2)10-8(6-11)4-5-9(12)13-3/h6-8,10H,4-5H2,1-3H3/t8-/m0/s1. The van der Waals surface area contributed by atoms with Crippen LogP contribution in [0.2, 0.25) is 0 Å². The van der Waals surface area contributed by atoms with Crippen molar-refractivity contribution in [1.82, 2.24) is 5.32 Å². The predicted molar refractivity (Wildman–Crippen MR) is 49.4 cm³/mol. The number of esters is 1. The molecule has 4 nitrogen and oxygen atoms in total. The highest BCUT2D eigenvalue weighted by Gasteiger charge is 2.10. The van der Waals surface area contributed by atoms with E-state index in [9.17, 15) is 9.59 Å². The molecule has 0 unspecified atom stereocenters. The maximum absolute atomic E-state index is 10.8. The maximum atomic E-state index is 10.8. The van der Waals surface area contributed by atoms with Crippen LogP contribution in [0.25, 0.3) is 0 Å². The molecule has 0 saturated carbocycles. The van der Waals surface area contributed by atoms with Crippen LogP contribution >= 0.6 is 0 Å². The second kappa shape index (κ2) is 6.60. The number of carbonyl (C=O) groups is 2. The number of nitrogens with one attached hydrogen (secondary N) is 1. The molecule has 4 heteroatoms. The number of hydrogen-bond acceptors (Lipinski definition) is 4. The Hall–Kier alpha value is -0.900. The van der Waals surface area contributed by atoms with Gasteiger partial charge in [0, 0.05) is 12.5 Å². The second-order valence-corrected chi connectivity index (χ2v) is 3.18. The molecule has 0 saturated heterocycles. The molecule has 13 heavy (non-hydrogen) atoms. The molecule has 0 aliphatic heterocycles. The highest BCUT2D eigenvalue weighted by molar-refractivity contribution is 5.70. The smallest absolute Gasteiger partial charge is 0.305 e. The van der Waals surface area contributed by atoms with Gasteiger partial charge in [-0.2, -0.15) is 0 Å². The average Bonchev–Trinajstić information content (AvgIpc) is 2.10. The summed E-state index contributed by atoms with van der Waals surface area (Å²) in [5, 5.41) is 3.03. The summed E-state index contributed by atoms with van der Waals surface area (Å²) in [6.07, 6.45) is 1.59. The summed E-state index contributed by atoms with van der Waals surface area (Å²) in [7, 11) is 1.34. The topological polar surface area (TPSA) is 55.4 Å². The minimum Gasteiger partial charge on any atom is -0.469 e. The van der Waals surface area contributed by atoms with Gasteiger partial charge in [-0.15, -0.1) is 0 Å². The molecule has 0 aliphatic carbocycles. The molecule has 0 rings (SSSR count). The highest BCUT2D eigenvalue weighted by Crippen LogP contribution is 1.97. The Morgan fingerprint density at radius 3 is 2.54 bits per heavy atom. The monoisotopic (exact) mass is 187 g/mol. The Bertz CT molecular complexity index is 168. The van der Waals surface area contributed by atoms with E-state index in [1.54, 1.807) is 0 Å². The van der Waals surface area contributed by atoms with Crippen LogP contribution in [0.4, 0.5) is 0 Å². The van der Waals surface area contributed by atoms with Crippen molar-refractivity contribution in [2.24, 2.45) is 0 Å².